The maximum atomic E-state index is 14.0. The van der Waals surface area contributed by atoms with E-state index in [2.05, 4.69) is 5.32 Å². The van der Waals surface area contributed by atoms with Crippen molar-refractivity contribution in [2.75, 3.05) is 33.1 Å². The molecule has 2 N–H and O–H groups in total. The standard InChI is InChI=1S/C31H28Cl2F2N2O5.CH2O2/c32-24-7-8-26(34)30(29(24)35)40-12-11-39-21-5-1-18(2-6-21)22-9-10-36-15-23(22)31(38)37(20-3-4-20)16-19-13-27-28(14-25(19)33)42-17-41-27;2-1-3/h1-2,5-8,13-14,20,36H,3-4,9-12,15-17H2;1H,(H,2,3). The van der Waals surface area contributed by atoms with E-state index in [-0.39, 0.29) is 43.5 Å². The Morgan fingerprint density at radius 3 is 2.42 bits per heavy atom. The van der Waals surface area contributed by atoms with Gasteiger partial charge in [0.2, 0.25) is 6.79 Å². The van der Waals surface area contributed by atoms with Gasteiger partial charge in [0.25, 0.3) is 12.4 Å². The molecule has 1 amide bonds. The molecule has 0 atom stereocenters. The molecule has 1 fully saturated rings. The molecule has 9 nitrogen and oxygen atoms in total. The highest BCUT2D eigenvalue weighted by Crippen LogP contribution is 2.39. The normalized spacial score (nSPS) is 15.2. The predicted octanol–water partition coefficient (Wildman–Crippen LogP) is 6.10. The molecule has 0 aromatic heterocycles. The highest BCUT2D eigenvalue weighted by atomic mass is 35.5. The molecule has 45 heavy (non-hydrogen) atoms. The fourth-order valence-corrected chi connectivity index (χ4v) is 5.46. The summed E-state index contributed by atoms with van der Waals surface area (Å²) >= 11 is 12.2. The Kier molecular flexibility index (Phi) is 10.6. The molecular formula is C32H30Cl2F2N2O7. The lowest BCUT2D eigenvalue weighted by Gasteiger charge is -2.28. The van der Waals surface area contributed by atoms with E-state index in [1.54, 1.807) is 18.2 Å². The Morgan fingerprint density at radius 2 is 1.71 bits per heavy atom. The second kappa shape index (κ2) is 14.8. The lowest BCUT2D eigenvalue weighted by atomic mass is 9.93. The van der Waals surface area contributed by atoms with E-state index in [9.17, 15) is 13.6 Å². The Balaban J connectivity index is 0.00000128. The van der Waals surface area contributed by atoms with Gasteiger partial charge in [-0.3, -0.25) is 9.59 Å². The van der Waals surface area contributed by atoms with Crippen molar-refractivity contribution in [1.82, 2.24) is 10.2 Å². The Bertz CT molecular complexity index is 1580. The van der Waals surface area contributed by atoms with E-state index >= 15 is 0 Å². The van der Waals surface area contributed by atoms with Gasteiger partial charge in [-0.15, -0.1) is 0 Å². The average molecular weight is 664 g/mol. The van der Waals surface area contributed by atoms with Crippen LogP contribution < -0.4 is 24.3 Å². The Labute approximate surface area is 268 Å². The number of carbonyl (C=O) groups excluding carboxylic acids is 1. The molecule has 6 rings (SSSR count). The number of hydrogen-bond donors (Lipinski definition) is 2. The van der Waals surface area contributed by atoms with Gasteiger partial charge in [0.05, 0.1) is 5.02 Å². The van der Waals surface area contributed by atoms with Crippen LogP contribution >= 0.6 is 23.2 Å². The average Bonchev–Trinajstić information content (AvgIpc) is 3.79. The zero-order valence-electron chi connectivity index (χ0n) is 24.0. The van der Waals surface area contributed by atoms with E-state index in [0.29, 0.717) is 41.8 Å². The smallest absolute Gasteiger partial charge is 0.290 e. The van der Waals surface area contributed by atoms with Crippen LogP contribution in [0, 0.1) is 11.6 Å². The van der Waals surface area contributed by atoms with Crippen molar-refractivity contribution >= 4 is 41.2 Å². The first kappa shape index (κ1) is 32.3. The van der Waals surface area contributed by atoms with Crippen molar-refractivity contribution in [2.45, 2.75) is 31.8 Å². The first-order valence-electron chi connectivity index (χ1n) is 14.2. The number of benzene rings is 3. The van der Waals surface area contributed by atoms with Crippen molar-refractivity contribution in [3.8, 4) is 23.0 Å². The third kappa shape index (κ3) is 7.78. The Hall–Kier alpha value is -4.06. The third-order valence-electron chi connectivity index (χ3n) is 7.41. The molecule has 0 spiro atoms. The lowest BCUT2D eigenvalue weighted by molar-refractivity contribution is -0.128. The van der Waals surface area contributed by atoms with Crippen molar-refractivity contribution in [1.29, 1.82) is 0 Å². The van der Waals surface area contributed by atoms with E-state index < -0.39 is 17.4 Å². The van der Waals surface area contributed by atoms with Gasteiger partial charge in [0.1, 0.15) is 19.0 Å². The van der Waals surface area contributed by atoms with Crippen LogP contribution in [0.5, 0.6) is 23.0 Å². The van der Waals surface area contributed by atoms with E-state index in [4.69, 9.17) is 52.1 Å². The minimum atomic E-state index is -0.944. The van der Waals surface area contributed by atoms with Crippen LogP contribution in [0.4, 0.5) is 8.78 Å². The first-order chi connectivity index (χ1) is 21.8. The number of fused-ring (bicyclic) bond motifs is 1. The number of rotatable bonds is 10. The summed E-state index contributed by atoms with van der Waals surface area (Å²) < 4.78 is 49.7. The highest BCUT2D eigenvalue weighted by Gasteiger charge is 2.36. The second-order valence-electron chi connectivity index (χ2n) is 10.3. The molecule has 2 heterocycles. The summed E-state index contributed by atoms with van der Waals surface area (Å²) in [6, 6.07) is 13.4. The highest BCUT2D eigenvalue weighted by molar-refractivity contribution is 6.31. The van der Waals surface area contributed by atoms with Crippen LogP contribution in [0.3, 0.4) is 0 Å². The molecule has 0 bridgehead atoms. The van der Waals surface area contributed by atoms with E-state index in [1.165, 1.54) is 0 Å². The maximum absolute atomic E-state index is 14.0. The summed E-state index contributed by atoms with van der Waals surface area (Å²) in [7, 11) is 0. The topological polar surface area (TPSA) is 107 Å². The SMILES string of the molecule is O=C(C1=C(c2ccc(OCCOc3c(F)ccc(Cl)c3F)cc2)CCNC1)N(Cc1cc2c(cc1Cl)OCO2)C1CC1.O=CO. The minimum absolute atomic E-state index is 0.00797. The zero-order valence-corrected chi connectivity index (χ0v) is 25.5. The number of nitrogens with one attached hydrogen (secondary N) is 1. The van der Waals surface area contributed by atoms with Crippen molar-refractivity contribution < 1.29 is 42.4 Å². The monoisotopic (exact) mass is 662 g/mol. The summed E-state index contributed by atoms with van der Waals surface area (Å²) in [4.78, 5) is 24.2. The number of carboxylic acid groups (broad SMARTS) is 1. The summed E-state index contributed by atoms with van der Waals surface area (Å²) in [6.07, 6.45) is 2.61. The zero-order chi connectivity index (χ0) is 31.9. The van der Waals surface area contributed by atoms with Crippen molar-refractivity contribution in [2.24, 2.45) is 0 Å². The van der Waals surface area contributed by atoms with Crippen LogP contribution in [0.1, 0.15) is 30.4 Å². The quantitative estimate of drug-likeness (QED) is 0.152. The molecule has 2 aliphatic heterocycles. The molecule has 3 aliphatic rings. The number of amides is 1. The third-order valence-corrected chi connectivity index (χ3v) is 8.05. The summed E-state index contributed by atoms with van der Waals surface area (Å²) in [5.41, 5.74) is 3.47. The van der Waals surface area contributed by atoms with Gasteiger partial charge in [-0.2, -0.15) is 0 Å². The van der Waals surface area contributed by atoms with Crippen LogP contribution in [-0.4, -0.2) is 61.5 Å². The molecule has 238 valence electrons. The summed E-state index contributed by atoms with van der Waals surface area (Å²) in [5.74, 6) is -0.507. The van der Waals surface area contributed by atoms with Crippen molar-refractivity contribution in [3.63, 3.8) is 0 Å². The molecule has 3 aromatic carbocycles. The molecule has 0 saturated heterocycles. The second-order valence-corrected chi connectivity index (χ2v) is 11.2. The molecule has 3 aromatic rings. The van der Waals surface area contributed by atoms with Crippen LogP contribution in [0.25, 0.3) is 5.57 Å². The number of carbonyl (C=O) groups is 2. The summed E-state index contributed by atoms with van der Waals surface area (Å²) in [6.45, 7) is 1.51. The summed E-state index contributed by atoms with van der Waals surface area (Å²) in [5, 5.41) is 10.6. The fraction of sp³-hybridized carbons (Fsp3) is 0.312. The van der Waals surface area contributed by atoms with E-state index in [1.807, 2.05) is 23.1 Å². The van der Waals surface area contributed by atoms with Gasteiger partial charge in [-0.1, -0.05) is 35.3 Å². The maximum Gasteiger partial charge on any atom is 0.290 e. The van der Waals surface area contributed by atoms with Crippen LogP contribution in [0.15, 0.2) is 54.1 Å². The number of ether oxygens (including phenoxy) is 4. The fourth-order valence-electron chi connectivity index (χ4n) is 5.09. The number of hydrogen-bond acceptors (Lipinski definition) is 7. The first-order valence-corrected chi connectivity index (χ1v) is 15.0. The molecule has 0 radical (unpaired) electrons. The number of nitrogens with zero attached hydrogens (tertiary/aromatic N) is 1. The van der Waals surface area contributed by atoms with E-state index in [0.717, 1.165) is 53.8 Å². The van der Waals surface area contributed by atoms with Gasteiger partial charge < -0.3 is 34.3 Å². The van der Waals surface area contributed by atoms with Crippen LogP contribution in [-0.2, 0) is 16.1 Å². The number of halogens is 4. The lowest BCUT2D eigenvalue weighted by Crippen LogP contribution is -2.39. The van der Waals surface area contributed by atoms with Crippen LogP contribution in [0.2, 0.25) is 10.0 Å². The predicted molar refractivity (Wildman–Crippen MR) is 163 cm³/mol. The van der Waals surface area contributed by atoms with Crippen molar-refractivity contribution in [3.05, 3.63) is 86.9 Å². The van der Waals surface area contributed by atoms with Gasteiger partial charge in [0, 0.05) is 35.8 Å². The van der Waals surface area contributed by atoms with Gasteiger partial charge in [0.15, 0.2) is 28.9 Å². The van der Waals surface area contributed by atoms with Gasteiger partial charge in [-0.05, 0) is 72.8 Å². The minimum Gasteiger partial charge on any atom is -0.490 e. The molecule has 0 unspecified atom stereocenters. The Morgan fingerprint density at radius 1 is 1.02 bits per heavy atom. The molecular weight excluding hydrogens is 633 g/mol. The molecule has 1 aliphatic carbocycles. The molecule has 13 heteroatoms. The largest absolute Gasteiger partial charge is 0.490 e. The molecule has 1 saturated carbocycles. The van der Waals surface area contributed by atoms with Gasteiger partial charge in [-0.25, -0.2) is 8.78 Å². The van der Waals surface area contributed by atoms with Gasteiger partial charge >= 0.3 is 0 Å².